The van der Waals surface area contributed by atoms with Crippen LogP contribution in [-0.4, -0.2) is 37.3 Å². The summed E-state index contributed by atoms with van der Waals surface area (Å²) in [7, 11) is -2.75. The van der Waals surface area contributed by atoms with Crippen LogP contribution >= 0.6 is 0 Å². The van der Waals surface area contributed by atoms with Gasteiger partial charge in [0.2, 0.25) is 10.0 Å². The molecular weight excluding hydrogens is 292 g/mol. The van der Waals surface area contributed by atoms with Crippen molar-refractivity contribution in [3.8, 4) is 5.75 Å². The number of nitrogens with zero attached hydrogens (tertiary/aromatic N) is 1. The fourth-order valence-corrected chi connectivity index (χ4v) is 2.30. The number of anilines is 1. The van der Waals surface area contributed by atoms with E-state index in [1.807, 2.05) is 4.72 Å². The predicted octanol–water partition coefficient (Wildman–Crippen LogP) is 0.605. The number of benzene rings is 1. The van der Waals surface area contributed by atoms with Gasteiger partial charge in [-0.25, -0.2) is 8.42 Å². The molecule has 0 saturated carbocycles. The molecule has 0 spiro atoms. The van der Waals surface area contributed by atoms with Crippen molar-refractivity contribution in [2.75, 3.05) is 17.6 Å². The molecule has 0 fully saturated rings. The molecule has 0 atom stereocenters. The summed E-state index contributed by atoms with van der Waals surface area (Å²) >= 11 is 0. The molecule has 0 aliphatic heterocycles. The number of nitro groups is 1. The number of esters is 1. The number of phenolic OH excluding ortho intramolecular Hbond substituents is 1. The van der Waals surface area contributed by atoms with Crippen molar-refractivity contribution in [1.82, 2.24) is 0 Å². The van der Waals surface area contributed by atoms with Gasteiger partial charge in [-0.1, -0.05) is 0 Å². The van der Waals surface area contributed by atoms with Gasteiger partial charge in [0.1, 0.15) is 5.75 Å². The molecule has 0 aromatic heterocycles. The summed E-state index contributed by atoms with van der Waals surface area (Å²) in [5, 5.41) is 20.0. The Balaban J connectivity index is 2.82. The lowest BCUT2D eigenvalue weighted by Crippen LogP contribution is -2.19. The van der Waals surface area contributed by atoms with E-state index >= 15 is 0 Å². The van der Waals surface area contributed by atoms with Crippen LogP contribution in [0, 0.1) is 10.1 Å². The Labute approximate surface area is 114 Å². The Morgan fingerprint density at radius 3 is 2.65 bits per heavy atom. The SMILES string of the molecule is COC(=O)CCS(=O)(=O)Nc1ccc([N+](=O)[O-])cc1O. The third-order valence-electron chi connectivity index (χ3n) is 2.26. The lowest BCUT2D eigenvalue weighted by Gasteiger charge is -2.08. The van der Waals surface area contributed by atoms with Crippen LogP contribution in [0.5, 0.6) is 5.75 Å². The van der Waals surface area contributed by atoms with Crippen molar-refractivity contribution in [2.24, 2.45) is 0 Å². The number of carbonyl (C=O) groups is 1. The van der Waals surface area contributed by atoms with Crippen LogP contribution in [0.15, 0.2) is 18.2 Å². The normalized spacial score (nSPS) is 10.8. The number of hydrogen-bond acceptors (Lipinski definition) is 7. The Morgan fingerprint density at radius 2 is 2.15 bits per heavy atom. The van der Waals surface area contributed by atoms with Crippen molar-refractivity contribution in [1.29, 1.82) is 0 Å². The number of nitrogens with one attached hydrogen (secondary N) is 1. The van der Waals surface area contributed by atoms with Crippen LogP contribution in [0.1, 0.15) is 6.42 Å². The van der Waals surface area contributed by atoms with Gasteiger partial charge in [-0.2, -0.15) is 0 Å². The first-order valence-corrected chi connectivity index (χ1v) is 6.95. The molecule has 110 valence electrons. The number of methoxy groups -OCH3 is 1. The molecule has 1 aromatic carbocycles. The van der Waals surface area contributed by atoms with Crippen molar-refractivity contribution in [3.05, 3.63) is 28.3 Å². The lowest BCUT2D eigenvalue weighted by molar-refractivity contribution is -0.384. The fraction of sp³-hybridized carbons (Fsp3) is 0.300. The fourth-order valence-electron chi connectivity index (χ4n) is 1.26. The van der Waals surface area contributed by atoms with Gasteiger partial charge in [0.25, 0.3) is 5.69 Å². The van der Waals surface area contributed by atoms with Crippen molar-refractivity contribution in [3.63, 3.8) is 0 Å². The lowest BCUT2D eigenvalue weighted by atomic mass is 10.3. The first kappa shape index (κ1) is 15.7. The highest BCUT2D eigenvalue weighted by atomic mass is 32.2. The second-order valence-corrected chi connectivity index (χ2v) is 5.55. The van der Waals surface area contributed by atoms with Gasteiger partial charge in [-0.3, -0.25) is 19.6 Å². The quantitative estimate of drug-likeness (QED) is 0.340. The zero-order valence-corrected chi connectivity index (χ0v) is 11.2. The van der Waals surface area contributed by atoms with Crippen molar-refractivity contribution < 1.29 is 28.0 Å². The van der Waals surface area contributed by atoms with E-state index in [2.05, 4.69) is 4.74 Å². The monoisotopic (exact) mass is 304 g/mol. The first-order chi connectivity index (χ1) is 9.25. The summed E-state index contributed by atoms with van der Waals surface area (Å²) in [6.45, 7) is 0. The number of sulfonamides is 1. The summed E-state index contributed by atoms with van der Waals surface area (Å²) in [6.07, 6.45) is -0.348. The number of non-ortho nitro benzene ring substituents is 1. The van der Waals surface area contributed by atoms with E-state index in [0.29, 0.717) is 0 Å². The number of hydrogen-bond donors (Lipinski definition) is 2. The second-order valence-electron chi connectivity index (χ2n) is 3.71. The minimum absolute atomic E-state index is 0.208. The molecule has 0 aliphatic carbocycles. The van der Waals surface area contributed by atoms with Crippen molar-refractivity contribution >= 4 is 27.4 Å². The van der Waals surface area contributed by atoms with E-state index in [1.165, 1.54) is 0 Å². The van der Waals surface area contributed by atoms with Gasteiger partial charge in [-0.15, -0.1) is 0 Å². The van der Waals surface area contributed by atoms with Crippen LogP contribution in [0.3, 0.4) is 0 Å². The number of carbonyl (C=O) groups excluding carboxylic acids is 1. The zero-order valence-electron chi connectivity index (χ0n) is 10.4. The Bertz CT molecular complexity index is 626. The van der Waals surface area contributed by atoms with E-state index in [4.69, 9.17) is 0 Å². The van der Waals surface area contributed by atoms with Gasteiger partial charge in [0, 0.05) is 6.07 Å². The van der Waals surface area contributed by atoms with Crippen LogP contribution in [-0.2, 0) is 19.6 Å². The van der Waals surface area contributed by atoms with Gasteiger partial charge in [0.05, 0.1) is 36.0 Å². The minimum atomic E-state index is -3.88. The number of nitro benzene ring substituents is 1. The van der Waals surface area contributed by atoms with E-state index in [0.717, 1.165) is 25.3 Å². The third kappa shape index (κ3) is 4.39. The highest BCUT2D eigenvalue weighted by Gasteiger charge is 2.17. The van der Waals surface area contributed by atoms with Crippen LogP contribution in [0.25, 0.3) is 0 Å². The largest absolute Gasteiger partial charge is 0.505 e. The Morgan fingerprint density at radius 1 is 1.50 bits per heavy atom. The molecule has 9 nitrogen and oxygen atoms in total. The van der Waals surface area contributed by atoms with Crippen LogP contribution in [0.4, 0.5) is 11.4 Å². The molecule has 0 aliphatic rings. The second kappa shape index (κ2) is 6.19. The minimum Gasteiger partial charge on any atom is -0.505 e. The molecule has 2 N–H and O–H groups in total. The van der Waals surface area contributed by atoms with E-state index in [-0.39, 0.29) is 17.8 Å². The zero-order chi connectivity index (χ0) is 15.3. The molecule has 0 saturated heterocycles. The maximum absolute atomic E-state index is 11.6. The average Bonchev–Trinajstić information content (AvgIpc) is 2.38. The summed E-state index contributed by atoms with van der Waals surface area (Å²) in [5.74, 6) is -1.81. The smallest absolute Gasteiger partial charge is 0.306 e. The highest BCUT2D eigenvalue weighted by Crippen LogP contribution is 2.28. The summed E-state index contributed by atoms with van der Waals surface area (Å²) in [5.41, 5.74) is -0.583. The third-order valence-corrected chi connectivity index (χ3v) is 3.53. The number of rotatable bonds is 6. The molecule has 0 amide bonds. The topological polar surface area (TPSA) is 136 Å². The molecule has 1 rings (SSSR count). The van der Waals surface area contributed by atoms with Gasteiger partial charge in [0.15, 0.2) is 0 Å². The molecule has 20 heavy (non-hydrogen) atoms. The molecule has 0 bridgehead atoms. The molecule has 1 aromatic rings. The summed E-state index contributed by atoms with van der Waals surface area (Å²) < 4.78 is 29.6. The standard InChI is InChI=1S/C10H12N2O7S/c1-19-10(14)4-5-20(17,18)11-8-3-2-7(12(15)16)6-9(8)13/h2-3,6,11,13H,4-5H2,1H3. The summed E-state index contributed by atoms with van der Waals surface area (Å²) in [4.78, 5) is 20.6. The molecule has 0 radical (unpaired) electrons. The predicted molar refractivity (Wildman–Crippen MR) is 68.8 cm³/mol. The number of ether oxygens (including phenoxy) is 1. The van der Waals surface area contributed by atoms with Crippen molar-refractivity contribution in [2.45, 2.75) is 6.42 Å². The van der Waals surface area contributed by atoms with Gasteiger partial charge < -0.3 is 9.84 Å². The van der Waals surface area contributed by atoms with E-state index < -0.39 is 32.4 Å². The van der Waals surface area contributed by atoms with E-state index in [1.54, 1.807) is 0 Å². The van der Waals surface area contributed by atoms with Gasteiger partial charge in [-0.05, 0) is 6.07 Å². The van der Waals surface area contributed by atoms with Crippen LogP contribution < -0.4 is 4.72 Å². The molecule has 0 unspecified atom stereocenters. The molecular formula is C10H12N2O7S. The molecule has 0 heterocycles. The number of aromatic hydroxyl groups is 1. The highest BCUT2D eigenvalue weighted by molar-refractivity contribution is 7.92. The summed E-state index contributed by atoms with van der Waals surface area (Å²) in [6, 6.07) is 2.92. The van der Waals surface area contributed by atoms with Gasteiger partial charge >= 0.3 is 5.97 Å². The number of phenols is 1. The van der Waals surface area contributed by atoms with E-state index in [9.17, 15) is 28.4 Å². The first-order valence-electron chi connectivity index (χ1n) is 5.30. The maximum atomic E-state index is 11.6. The Hall–Kier alpha value is -2.36. The van der Waals surface area contributed by atoms with Crippen LogP contribution in [0.2, 0.25) is 0 Å². The Kier molecular flexibility index (Phi) is 4.86. The maximum Gasteiger partial charge on any atom is 0.306 e. The molecule has 10 heteroatoms. The average molecular weight is 304 g/mol.